The van der Waals surface area contributed by atoms with Gasteiger partial charge in [0.15, 0.2) is 5.11 Å². The summed E-state index contributed by atoms with van der Waals surface area (Å²) in [7, 11) is 0. The number of nitrogens with one attached hydrogen (secondary N) is 2. The summed E-state index contributed by atoms with van der Waals surface area (Å²) in [5, 5.41) is 7.86. The topological polar surface area (TPSA) is 54.9 Å². The highest BCUT2D eigenvalue weighted by Crippen LogP contribution is 2.33. The van der Waals surface area contributed by atoms with Gasteiger partial charge in [-0.05, 0) is 72.4 Å². The first kappa shape index (κ1) is 26.2. The zero-order chi connectivity index (χ0) is 25.0. The maximum Gasteiger partial charge on any atom is 0.187 e. The van der Waals surface area contributed by atoms with Crippen LogP contribution in [0.3, 0.4) is 0 Å². The van der Waals surface area contributed by atoms with Crippen LogP contribution in [0.1, 0.15) is 54.7 Å². The number of rotatable bonds is 10. The van der Waals surface area contributed by atoms with E-state index in [-0.39, 0.29) is 0 Å². The first-order chi connectivity index (χ1) is 17.7. The third-order valence-electron chi connectivity index (χ3n) is 6.20. The van der Waals surface area contributed by atoms with E-state index in [0.717, 1.165) is 27.1 Å². The van der Waals surface area contributed by atoms with Gasteiger partial charge in [0.2, 0.25) is 0 Å². The lowest BCUT2D eigenvalue weighted by atomic mass is 9.84. The molecule has 0 atom stereocenters. The van der Waals surface area contributed by atoms with Crippen LogP contribution in [-0.4, -0.2) is 24.5 Å². The molecular weight excluding hydrogens is 534 g/mol. The van der Waals surface area contributed by atoms with Crippen LogP contribution in [0, 0.1) is 0 Å². The van der Waals surface area contributed by atoms with Crippen LogP contribution >= 0.6 is 28.1 Å². The third-order valence-corrected chi connectivity index (χ3v) is 6.93. The Hall–Kier alpha value is -2.90. The van der Waals surface area contributed by atoms with Gasteiger partial charge in [-0.15, -0.1) is 0 Å². The van der Waals surface area contributed by atoms with Crippen LogP contribution in [0.4, 0.5) is 0 Å². The minimum absolute atomic E-state index is 0.428. The van der Waals surface area contributed by atoms with E-state index in [4.69, 9.17) is 21.7 Å². The lowest BCUT2D eigenvalue weighted by Crippen LogP contribution is -2.31. The van der Waals surface area contributed by atoms with E-state index in [0.29, 0.717) is 30.8 Å². The lowest BCUT2D eigenvalue weighted by Gasteiger charge is -2.22. The average Bonchev–Trinajstić information content (AvgIpc) is 2.92. The monoisotopic (exact) mass is 565 g/mol. The van der Waals surface area contributed by atoms with Gasteiger partial charge >= 0.3 is 0 Å². The van der Waals surface area contributed by atoms with Crippen molar-refractivity contribution in [3.63, 3.8) is 0 Å². The molecule has 0 spiro atoms. The molecule has 0 amide bonds. The SMILES string of the molecule is S=C(NCc1ccccc1)NN=Cc1cc(Br)ccc1OCCOc1ccc(C2CCCCC2)cc1. The van der Waals surface area contributed by atoms with Crippen molar-refractivity contribution in [1.82, 2.24) is 10.7 Å². The summed E-state index contributed by atoms with van der Waals surface area (Å²) in [6, 6.07) is 24.4. The number of hydrogen-bond acceptors (Lipinski definition) is 4. The van der Waals surface area contributed by atoms with Crippen molar-refractivity contribution in [1.29, 1.82) is 0 Å². The van der Waals surface area contributed by atoms with Crippen molar-refractivity contribution in [2.45, 2.75) is 44.6 Å². The van der Waals surface area contributed by atoms with E-state index in [2.05, 4.69) is 56.0 Å². The van der Waals surface area contributed by atoms with Crippen LogP contribution in [0.25, 0.3) is 0 Å². The molecular formula is C29H32BrN3O2S. The molecule has 2 N–H and O–H groups in total. The highest BCUT2D eigenvalue weighted by atomic mass is 79.9. The van der Waals surface area contributed by atoms with Gasteiger partial charge in [0.05, 0.1) is 6.21 Å². The van der Waals surface area contributed by atoms with Crippen molar-refractivity contribution >= 4 is 39.5 Å². The average molecular weight is 567 g/mol. The summed E-state index contributed by atoms with van der Waals surface area (Å²) >= 11 is 8.83. The molecule has 3 aromatic rings. The van der Waals surface area contributed by atoms with Gasteiger partial charge in [-0.1, -0.05) is 77.7 Å². The predicted octanol–water partition coefficient (Wildman–Crippen LogP) is 6.95. The summed E-state index contributed by atoms with van der Waals surface area (Å²) in [4.78, 5) is 0. The Kier molecular flexibility index (Phi) is 10.2. The second kappa shape index (κ2) is 14.0. The van der Waals surface area contributed by atoms with Crippen molar-refractivity contribution in [3.8, 4) is 11.5 Å². The molecule has 0 unspecified atom stereocenters. The van der Waals surface area contributed by atoms with Gasteiger partial charge in [-0.3, -0.25) is 5.43 Å². The normalized spacial score (nSPS) is 13.9. The Morgan fingerprint density at radius 2 is 1.69 bits per heavy atom. The Balaban J connectivity index is 1.22. The fourth-order valence-electron chi connectivity index (χ4n) is 4.31. The third kappa shape index (κ3) is 8.35. The van der Waals surface area contributed by atoms with Crippen molar-refractivity contribution in [2.24, 2.45) is 5.10 Å². The molecule has 0 aromatic heterocycles. The number of halogens is 1. The summed E-state index contributed by atoms with van der Waals surface area (Å²) in [5.41, 5.74) is 6.27. The van der Waals surface area contributed by atoms with Gasteiger partial charge in [0.25, 0.3) is 0 Å². The molecule has 1 fully saturated rings. The maximum atomic E-state index is 5.98. The molecule has 188 valence electrons. The number of ether oxygens (including phenoxy) is 2. The van der Waals surface area contributed by atoms with E-state index in [1.54, 1.807) is 6.21 Å². The van der Waals surface area contributed by atoms with Crippen LogP contribution < -0.4 is 20.2 Å². The summed E-state index contributed by atoms with van der Waals surface area (Å²) in [6.45, 7) is 1.52. The van der Waals surface area contributed by atoms with E-state index in [1.165, 1.54) is 37.7 Å². The highest BCUT2D eigenvalue weighted by Gasteiger charge is 2.15. The lowest BCUT2D eigenvalue weighted by molar-refractivity contribution is 0.217. The zero-order valence-electron chi connectivity index (χ0n) is 20.3. The second-order valence-corrected chi connectivity index (χ2v) is 10.1. The molecule has 1 saturated carbocycles. The van der Waals surface area contributed by atoms with Gasteiger partial charge in [-0.2, -0.15) is 5.10 Å². The molecule has 4 rings (SSSR count). The molecule has 1 aliphatic rings. The molecule has 36 heavy (non-hydrogen) atoms. The van der Waals surface area contributed by atoms with Crippen molar-refractivity contribution in [2.75, 3.05) is 13.2 Å². The van der Waals surface area contributed by atoms with Gasteiger partial charge < -0.3 is 14.8 Å². The maximum absolute atomic E-state index is 5.98. The van der Waals surface area contributed by atoms with Crippen molar-refractivity contribution in [3.05, 3.63) is 94.0 Å². The zero-order valence-corrected chi connectivity index (χ0v) is 22.7. The molecule has 1 aliphatic carbocycles. The fourth-order valence-corrected chi connectivity index (χ4v) is 4.82. The minimum Gasteiger partial charge on any atom is -0.490 e. The molecule has 0 heterocycles. The number of hydrogen-bond donors (Lipinski definition) is 2. The Morgan fingerprint density at radius 3 is 2.47 bits per heavy atom. The smallest absolute Gasteiger partial charge is 0.187 e. The number of thiocarbonyl (C=S) groups is 1. The van der Waals surface area contributed by atoms with Crippen molar-refractivity contribution < 1.29 is 9.47 Å². The fraction of sp³-hybridized carbons (Fsp3) is 0.310. The number of benzene rings is 3. The molecule has 0 aliphatic heterocycles. The quantitative estimate of drug-likeness (QED) is 0.120. The number of hydrazone groups is 1. The van der Waals surface area contributed by atoms with Gasteiger partial charge in [0, 0.05) is 16.6 Å². The summed E-state index contributed by atoms with van der Waals surface area (Å²) in [5.74, 6) is 2.30. The van der Waals surface area contributed by atoms with E-state index in [1.807, 2.05) is 48.5 Å². The van der Waals surface area contributed by atoms with Crippen LogP contribution in [-0.2, 0) is 6.54 Å². The predicted molar refractivity (Wildman–Crippen MR) is 154 cm³/mol. The Bertz CT molecular complexity index is 1130. The summed E-state index contributed by atoms with van der Waals surface area (Å²) in [6.07, 6.45) is 8.37. The van der Waals surface area contributed by atoms with E-state index in [9.17, 15) is 0 Å². The highest BCUT2D eigenvalue weighted by molar-refractivity contribution is 9.10. The summed E-state index contributed by atoms with van der Waals surface area (Å²) < 4.78 is 12.8. The van der Waals surface area contributed by atoms with Gasteiger partial charge in [-0.25, -0.2) is 0 Å². The molecule has 3 aromatic carbocycles. The molecule has 0 radical (unpaired) electrons. The van der Waals surface area contributed by atoms with Crippen LogP contribution in [0.2, 0.25) is 0 Å². The van der Waals surface area contributed by atoms with Crippen LogP contribution in [0.5, 0.6) is 11.5 Å². The number of nitrogens with zero attached hydrogens (tertiary/aromatic N) is 1. The van der Waals surface area contributed by atoms with E-state index < -0.39 is 0 Å². The van der Waals surface area contributed by atoms with E-state index >= 15 is 0 Å². The van der Waals surface area contributed by atoms with Crippen LogP contribution in [0.15, 0.2) is 82.4 Å². The standard InChI is InChI=1S/C29H32BrN3O2S/c30-26-13-16-28(25(19-26)21-32-33-29(36)31-20-22-7-3-1-4-8-22)35-18-17-34-27-14-11-24(12-15-27)23-9-5-2-6-10-23/h1,3-4,7-8,11-16,19,21,23H,2,5-6,9-10,17-18,20H2,(H2,31,33,36). The van der Waals surface area contributed by atoms with Gasteiger partial charge in [0.1, 0.15) is 24.7 Å². The molecule has 0 bridgehead atoms. The molecule has 0 saturated heterocycles. The minimum atomic E-state index is 0.428. The first-order valence-corrected chi connectivity index (χ1v) is 13.6. The largest absolute Gasteiger partial charge is 0.490 e. The Morgan fingerprint density at radius 1 is 0.944 bits per heavy atom. The molecule has 5 nitrogen and oxygen atoms in total. The molecule has 7 heteroatoms. The Labute approximate surface area is 227 Å². The first-order valence-electron chi connectivity index (χ1n) is 12.4. The second-order valence-electron chi connectivity index (χ2n) is 8.82.